The summed E-state index contributed by atoms with van der Waals surface area (Å²) in [6.07, 6.45) is 4.32. The molecule has 0 aromatic heterocycles. The summed E-state index contributed by atoms with van der Waals surface area (Å²) in [4.78, 5) is 10.6. The van der Waals surface area contributed by atoms with Gasteiger partial charge in [-0.15, -0.1) is 0 Å². The topological polar surface area (TPSA) is 35.5 Å². The summed E-state index contributed by atoms with van der Waals surface area (Å²) in [5.41, 5.74) is 1.08. The molecule has 0 radical (unpaired) electrons. The van der Waals surface area contributed by atoms with Crippen molar-refractivity contribution in [1.82, 2.24) is 0 Å². The minimum Gasteiger partial charge on any atom is -0.464 e. The Labute approximate surface area is 102 Å². The lowest BCUT2D eigenvalue weighted by atomic mass is 10.2. The van der Waals surface area contributed by atoms with Crippen LogP contribution in [0.3, 0.4) is 0 Å². The number of aldehydes is 1. The van der Waals surface area contributed by atoms with Crippen LogP contribution in [-0.2, 0) is 20.9 Å². The SMILES string of the molecule is CCCC=C(C=O)OCOCc1ccccc1. The molecule has 0 N–H and O–H groups in total. The lowest BCUT2D eigenvalue weighted by Gasteiger charge is -2.06. The Morgan fingerprint density at radius 2 is 2.06 bits per heavy atom. The van der Waals surface area contributed by atoms with Gasteiger partial charge in [0.15, 0.2) is 18.8 Å². The standard InChI is InChI=1S/C14H18O3/c1-2-3-9-14(10-15)17-12-16-11-13-7-5-4-6-8-13/h4-10H,2-3,11-12H2,1H3. The first-order valence-electron chi connectivity index (χ1n) is 5.76. The van der Waals surface area contributed by atoms with Gasteiger partial charge in [0, 0.05) is 0 Å². The smallest absolute Gasteiger partial charge is 0.189 e. The van der Waals surface area contributed by atoms with Crippen LogP contribution in [0.1, 0.15) is 25.3 Å². The van der Waals surface area contributed by atoms with Gasteiger partial charge in [-0.3, -0.25) is 4.79 Å². The highest BCUT2D eigenvalue weighted by Crippen LogP contribution is 2.02. The third kappa shape index (κ3) is 5.88. The van der Waals surface area contributed by atoms with Gasteiger partial charge < -0.3 is 9.47 Å². The highest BCUT2D eigenvalue weighted by atomic mass is 16.7. The second kappa shape index (κ2) is 8.53. The monoisotopic (exact) mass is 234 g/mol. The molecule has 0 spiro atoms. The lowest BCUT2D eigenvalue weighted by Crippen LogP contribution is -2.01. The highest BCUT2D eigenvalue weighted by Gasteiger charge is 1.96. The zero-order valence-electron chi connectivity index (χ0n) is 10.1. The maximum absolute atomic E-state index is 10.6. The number of allylic oxidation sites excluding steroid dienone is 2. The number of hydrogen-bond acceptors (Lipinski definition) is 3. The summed E-state index contributed by atoms with van der Waals surface area (Å²) in [6.45, 7) is 2.63. The summed E-state index contributed by atoms with van der Waals surface area (Å²) >= 11 is 0. The fourth-order valence-electron chi connectivity index (χ4n) is 1.27. The molecule has 1 aromatic carbocycles. The minimum atomic E-state index is 0.100. The van der Waals surface area contributed by atoms with Gasteiger partial charge in [-0.05, 0) is 18.1 Å². The van der Waals surface area contributed by atoms with Crippen molar-refractivity contribution in [2.45, 2.75) is 26.4 Å². The zero-order valence-corrected chi connectivity index (χ0v) is 10.1. The molecule has 0 saturated heterocycles. The lowest BCUT2D eigenvalue weighted by molar-refractivity contribution is -0.111. The van der Waals surface area contributed by atoms with E-state index < -0.39 is 0 Å². The maximum Gasteiger partial charge on any atom is 0.189 e. The van der Waals surface area contributed by atoms with E-state index in [0.717, 1.165) is 18.4 Å². The van der Waals surface area contributed by atoms with Crippen molar-refractivity contribution in [3.63, 3.8) is 0 Å². The van der Waals surface area contributed by atoms with Crippen molar-refractivity contribution in [2.24, 2.45) is 0 Å². The molecule has 0 bridgehead atoms. The quantitative estimate of drug-likeness (QED) is 0.228. The van der Waals surface area contributed by atoms with E-state index in [0.29, 0.717) is 18.7 Å². The van der Waals surface area contributed by atoms with Gasteiger partial charge in [-0.1, -0.05) is 43.7 Å². The van der Waals surface area contributed by atoms with Crippen LogP contribution in [0.2, 0.25) is 0 Å². The average molecular weight is 234 g/mol. The first-order chi connectivity index (χ1) is 8.36. The van der Waals surface area contributed by atoms with Gasteiger partial charge in [0.05, 0.1) is 6.61 Å². The molecule has 17 heavy (non-hydrogen) atoms. The first-order valence-corrected chi connectivity index (χ1v) is 5.76. The van der Waals surface area contributed by atoms with Crippen LogP contribution in [0.4, 0.5) is 0 Å². The van der Waals surface area contributed by atoms with Crippen LogP contribution in [0.5, 0.6) is 0 Å². The van der Waals surface area contributed by atoms with Crippen LogP contribution < -0.4 is 0 Å². The number of benzene rings is 1. The molecule has 0 aliphatic rings. The van der Waals surface area contributed by atoms with Crippen LogP contribution in [0.15, 0.2) is 42.2 Å². The Morgan fingerprint density at radius 1 is 1.29 bits per heavy atom. The predicted octanol–water partition coefficient (Wildman–Crippen LogP) is 3.06. The fourth-order valence-corrected chi connectivity index (χ4v) is 1.27. The number of ether oxygens (including phenoxy) is 2. The Kier molecular flexibility index (Phi) is 6.75. The van der Waals surface area contributed by atoms with E-state index in [1.807, 2.05) is 37.3 Å². The van der Waals surface area contributed by atoms with Gasteiger partial charge in [-0.2, -0.15) is 0 Å². The fraction of sp³-hybridized carbons (Fsp3) is 0.357. The van der Waals surface area contributed by atoms with E-state index in [-0.39, 0.29) is 6.79 Å². The second-order valence-electron chi connectivity index (χ2n) is 3.61. The van der Waals surface area contributed by atoms with Gasteiger partial charge in [0.1, 0.15) is 0 Å². The predicted molar refractivity (Wildman–Crippen MR) is 66.2 cm³/mol. The molecule has 0 heterocycles. The molecule has 1 aromatic rings. The third-order valence-electron chi connectivity index (χ3n) is 2.17. The largest absolute Gasteiger partial charge is 0.464 e. The van der Waals surface area contributed by atoms with E-state index in [4.69, 9.17) is 9.47 Å². The second-order valence-corrected chi connectivity index (χ2v) is 3.61. The molecule has 0 aliphatic heterocycles. The van der Waals surface area contributed by atoms with Gasteiger partial charge >= 0.3 is 0 Å². The molecule has 1 rings (SSSR count). The molecular formula is C14H18O3. The summed E-state index contributed by atoms with van der Waals surface area (Å²) in [7, 11) is 0. The van der Waals surface area contributed by atoms with Crippen LogP contribution in [0.25, 0.3) is 0 Å². The van der Waals surface area contributed by atoms with Gasteiger partial charge in [0.25, 0.3) is 0 Å². The Morgan fingerprint density at radius 3 is 2.71 bits per heavy atom. The van der Waals surface area contributed by atoms with E-state index in [1.54, 1.807) is 6.08 Å². The van der Waals surface area contributed by atoms with Crippen LogP contribution in [0, 0.1) is 0 Å². The molecular weight excluding hydrogens is 216 g/mol. The minimum absolute atomic E-state index is 0.100. The van der Waals surface area contributed by atoms with E-state index in [9.17, 15) is 4.79 Å². The molecule has 3 heteroatoms. The van der Waals surface area contributed by atoms with Gasteiger partial charge in [0.2, 0.25) is 0 Å². The number of hydrogen-bond donors (Lipinski definition) is 0. The average Bonchev–Trinajstić information content (AvgIpc) is 2.39. The number of carbonyl (C=O) groups is 1. The molecule has 0 atom stereocenters. The van der Waals surface area contributed by atoms with Crippen molar-refractivity contribution < 1.29 is 14.3 Å². The number of unbranched alkanes of at least 4 members (excludes halogenated alkanes) is 1. The summed E-state index contributed by atoms with van der Waals surface area (Å²) in [5.74, 6) is 0.347. The van der Waals surface area contributed by atoms with E-state index >= 15 is 0 Å². The first kappa shape index (κ1) is 13.5. The number of carbonyl (C=O) groups excluding carboxylic acids is 1. The van der Waals surface area contributed by atoms with E-state index in [1.165, 1.54) is 0 Å². The normalized spacial score (nSPS) is 11.2. The number of rotatable bonds is 8. The van der Waals surface area contributed by atoms with Crippen LogP contribution >= 0.6 is 0 Å². The van der Waals surface area contributed by atoms with Crippen molar-refractivity contribution in [3.8, 4) is 0 Å². The molecule has 0 amide bonds. The van der Waals surface area contributed by atoms with Crippen molar-refractivity contribution in [2.75, 3.05) is 6.79 Å². The van der Waals surface area contributed by atoms with Crippen molar-refractivity contribution >= 4 is 6.29 Å². The summed E-state index contributed by atoms with van der Waals surface area (Å²) in [6, 6.07) is 9.83. The van der Waals surface area contributed by atoms with Crippen molar-refractivity contribution in [1.29, 1.82) is 0 Å². The van der Waals surface area contributed by atoms with Crippen LogP contribution in [-0.4, -0.2) is 13.1 Å². The summed E-state index contributed by atoms with van der Waals surface area (Å²) in [5, 5.41) is 0. The third-order valence-corrected chi connectivity index (χ3v) is 2.17. The molecule has 3 nitrogen and oxygen atoms in total. The Bertz CT molecular complexity index is 344. The molecule has 0 fully saturated rings. The van der Waals surface area contributed by atoms with E-state index in [2.05, 4.69) is 0 Å². The molecule has 0 aliphatic carbocycles. The molecule has 0 unspecified atom stereocenters. The zero-order chi connectivity index (χ0) is 12.3. The summed E-state index contributed by atoms with van der Waals surface area (Å²) < 4.78 is 10.5. The maximum atomic E-state index is 10.6. The molecule has 92 valence electrons. The highest BCUT2D eigenvalue weighted by molar-refractivity contribution is 5.69. The Hall–Kier alpha value is -1.61. The van der Waals surface area contributed by atoms with Gasteiger partial charge in [-0.25, -0.2) is 0 Å². The van der Waals surface area contributed by atoms with Crippen molar-refractivity contribution in [3.05, 3.63) is 47.7 Å². The molecule has 0 saturated carbocycles. The Balaban J connectivity index is 2.21.